The van der Waals surface area contributed by atoms with Crippen LogP contribution in [0.2, 0.25) is 0 Å². The first-order chi connectivity index (χ1) is 12.7. The second kappa shape index (κ2) is 7.46. The summed E-state index contributed by atoms with van der Waals surface area (Å²) in [6, 6.07) is 1.48. The molecule has 2 aliphatic heterocycles. The van der Waals surface area contributed by atoms with Gasteiger partial charge in [0.15, 0.2) is 5.78 Å². The summed E-state index contributed by atoms with van der Waals surface area (Å²) in [4.78, 5) is 31.7. The fourth-order valence-electron chi connectivity index (χ4n) is 3.86. The van der Waals surface area contributed by atoms with Gasteiger partial charge in [-0.25, -0.2) is 9.78 Å². The lowest BCUT2D eigenvalue weighted by molar-refractivity contribution is -0.0861. The molecule has 27 heavy (non-hydrogen) atoms. The standard InChI is InChI=1S/C20H28N2O5/c1-12-6-17(25-5)21-9-16(12)18(23)13-7-14-10-26-11-15(8-13)22(14)19(24)27-20(2,3)4/h6,9,13-15H,7-8,10-11H2,1-5H3. The van der Waals surface area contributed by atoms with E-state index in [1.165, 1.54) is 0 Å². The number of ketones is 1. The number of aryl methyl sites for hydroxylation is 1. The number of aromatic nitrogens is 1. The average molecular weight is 376 g/mol. The lowest BCUT2D eigenvalue weighted by atomic mass is 9.80. The van der Waals surface area contributed by atoms with E-state index in [4.69, 9.17) is 14.2 Å². The van der Waals surface area contributed by atoms with Crippen LogP contribution in [0.25, 0.3) is 0 Å². The molecular formula is C20H28N2O5. The molecule has 148 valence electrons. The molecule has 2 fully saturated rings. The lowest BCUT2D eigenvalue weighted by Crippen LogP contribution is -2.60. The minimum absolute atomic E-state index is 0.0726. The third-order valence-electron chi connectivity index (χ3n) is 5.06. The molecule has 1 aromatic heterocycles. The van der Waals surface area contributed by atoms with E-state index in [1.807, 2.05) is 27.7 Å². The van der Waals surface area contributed by atoms with Crippen LogP contribution in [0.4, 0.5) is 4.79 Å². The Morgan fingerprint density at radius 1 is 1.22 bits per heavy atom. The number of carbonyl (C=O) groups is 2. The topological polar surface area (TPSA) is 78.0 Å². The summed E-state index contributed by atoms with van der Waals surface area (Å²) in [5.74, 6) is 0.411. The number of carbonyl (C=O) groups excluding carboxylic acids is 2. The fourth-order valence-corrected chi connectivity index (χ4v) is 3.86. The van der Waals surface area contributed by atoms with Crippen molar-refractivity contribution in [1.82, 2.24) is 9.88 Å². The van der Waals surface area contributed by atoms with Gasteiger partial charge in [-0.15, -0.1) is 0 Å². The zero-order chi connectivity index (χ0) is 19.8. The number of methoxy groups -OCH3 is 1. The Morgan fingerprint density at radius 2 is 1.85 bits per heavy atom. The maximum Gasteiger partial charge on any atom is 0.410 e. The van der Waals surface area contributed by atoms with Crippen LogP contribution in [0, 0.1) is 12.8 Å². The highest BCUT2D eigenvalue weighted by Gasteiger charge is 2.45. The molecular weight excluding hydrogens is 348 g/mol. The summed E-state index contributed by atoms with van der Waals surface area (Å²) in [6.45, 7) is 8.31. The van der Waals surface area contributed by atoms with Crippen LogP contribution >= 0.6 is 0 Å². The molecule has 2 unspecified atom stereocenters. The van der Waals surface area contributed by atoms with Gasteiger partial charge in [0, 0.05) is 23.7 Å². The number of pyridine rings is 1. The van der Waals surface area contributed by atoms with Crippen molar-refractivity contribution in [3.05, 3.63) is 23.4 Å². The van der Waals surface area contributed by atoms with Crippen LogP contribution in [0.15, 0.2) is 12.3 Å². The van der Waals surface area contributed by atoms with Gasteiger partial charge in [-0.05, 0) is 46.1 Å². The number of amides is 1. The molecule has 7 nitrogen and oxygen atoms in total. The van der Waals surface area contributed by atoms with Crippen LogP contribution in [0.3, 0.4) is 0 Å². The molecule has 0 N–H and O–H groups in total. The third kappa shape index (κ3) is 4.24. The number of hydrogen-bond donors (Lipinski definition) is 0. The number of hydrogen-bond acceptors (Lipinski definition) is 6. The maximum absolute atomic E-state index is 13.1. The fraction of sp³-hybridized carbons (Fsp3) is 0.650. The molecule has 0 aliphatic carbocycles. The van der Waals surface area contributed by atoms with E-state index in [-0.39, 0.29) is 29.9 Å². The minimum atomic E-state index is -0.551. The highest BCUT2D eigenvalue weighted by atomic mass is 16.6. The van der Waals surface area contributed by atoms with Crippen molar-refractivity contribution in [3.8, 4) is 5.88 Å². The van der Waals surface area contributed by atoms with E-state index in [2.05, 4.69) is 4.98 Å². The van der Waals surface area contributed by atoms with Crippen LogP contribution < -0.4 is 4.74 Å². The minimum Gasteiger partial charge on any atom is -0.481 e. The number of piperidine rings is 1. The van der Waals surface area contributed by atoms with E-state index in [0.717, 1.165) is 5.56 Å². The predicted octanol–water partition coefficient (Wildman–Crippen LogP) is 3.00. The summed E-state index contributed by atoms with van der Waals surface area (Å²) in [5, 5.41) is 0. The molecule has 2 saturated heterocycles. The normalized spacial score (nSPS) is 25.1. The Morgan fingerprint density at radius 3 is 2.37 bits per heavy atom. The van der Waals surface area contributed by atoms with Crippen molar-refractivity contribution in [2.45, 2.75) is 58.2 Å². The lowest BCUT2D eigenvalue weighted by Gasteiger charge is -2.47. The number of nitrogens with zero attached hydrogens (tertiary/aromatic N) is 2. The molecule has 0 aromatic carbocycles. The molecule has 3 heterocycles. The van der Waals surface area contributed by atoms with Crippen molar-refractivity contribution >= 4 is 11.9 Å². The van der Waals surface area contributed by atoms with Gasteiger partial charge in [0.05, 0.1) is 32.4 Å². The molecule has 0 radical (unpaired) electrons. The first-order valence-electron chi connectivity index (χ1n) is 9.33. The van der Waals surface area contributed by atoms with Gasteiger partial charge in [-0.3, -0.25) is 9.69 Å². The number of fused-ring (bicyclic) bond motifs is 2. The molecule has 3 rings (SSSR count). The van der Waals surface area contributed by atoms with E-state index in [1.54, 1.807) is 24.3 Å². The molecule has 2 atom stereocenters. The first-order valence-corrected chi connectivity index (χ1v) is 9.33. The molecule has 1 amide bonds. The number of morpholine rings is 1. The molecule has 0 saturated carbocycles. The van der Waals surface area contributed by atoms with E-state index in [9.17, 15) is 9.59 Å². The Balaban J connectivity index is 1.76. The van der Waals surface area contributed by atoms with E-state index < -0.39 is 5.60 Å². The average Bonchev–Trinajstić information content (AvgIpc) is 2.58. The zero-order valence-electron chi connectivity index (χ0n) is 16.7. The van der Waals surface area contributed by atoms with Crippen molar-refractivity contribution in [2.75, 3.05) is 20.3 Å². The quantitative estimate of drug-likeness (QED) is 0.755. The monoisotopic (exact) mass is 376 g/mol. The van der Waals surface area contributed by atoms with Crippen molar-refractivity contribution < 1.29 is 23.8 Å². The molecule has 7 heteroatoms. The smallest absolute Gasteiger partial charge is 0.410 e. The number of Topliss-reactive ketones (excluding diaryl/α,β-unsaturated/α-hetero) is 1. The van der Waals surface area contributed by atoms with Gasteiger partial charge in [0.2, 0.25) is 5.88 Å². The van der Waals surface area contributed by atoms with Gasteiger partial charge in [0.25, 0.3) is 0 Å². The first kappa shape index (κ1) is 19.6. The Bertz CT molecular complexity index is 714. The SMILES string of the molecule is COc1cc(C)c(C(=O)C2CC3COCC(C2)N3C(=O)OC(C)(C)C)cn1. The number of rotatable bonds is 3. The predicted molar refractivity (Wildman–Crippen MR) is 99.0 cm³/mol. The number of ether oxygens (including phenoxy) is 3. The summed E-state index contributed by atoms with van der Waals surface area (Å²) in [6.07, 6.45) is 2.40. The van der Waals surface area contributed by atoms with E-state index >= 15 is 0 Å². The highest BCUT2D eigenvalue weighted by molar-refractivity contribution is 5.99. The third-order valence-corrected chi connectivity index (χ3v) is 5.06. The maximum atomic E-state index is 13.1. The largest absolute Gasteiger partial charge is 0.481 e. The van der Waals surface area contributed by atoms with Gasteiger partial charge in [0.1, 0.15) is 5.60 Å². The van der Waals surface area contributed by atoms with Gasteiger partial charge < -0.3 is 14.2 Å². The summed E-state index contributed by atoms with van der Waals surface area (Å²) in [5.41, 5.74) is 0.915. The van der Waals surface area contributed by atoms with Crippen molar-refractivity contribution in [1.29, 1.82) is 0 Å². The van der Waals surface area contributed by atoms with Gasteiger partial charge >= 0.3 is 6.09 Å². The van der Waals surface area contributed by atoms with Gasteiger partial charge in [-0.1, -0.05) is 0 Å². The van der Waals surface area contributed by atoms with Crippen LogP contribution in [-0.4, -0.2) is 59.8 Å². The molecule has 0 spiro atoms. The summed E-state index contributed by atoms with van der Waals surface area (Å²) < 4.78 is 16.3. The molecule has 1 aromatic rings. The van der Waals surface area contributed by atoms with Crippen LogP contribution in [-0.2, 0) is 9.47 Å². The second-order valence-corrected chi connectivity index (χ2v) is 8.31. The Labute approximate surface area is 160 Å². The van der Waals surface area contributed by atoms with Crippen LogP contribution in [0.1, 0.15) is 49.5 Å². The summed E-state index contributed by atoms with van der Waals surface area (Å²) in [7, 11) is 1.55. The van der Waals surface area contributed by atoms with Crippen molar-refractivity contribution in [2.24, 2.45) is 5.92 Å². The Kier molecular flexibility index (Phi) is 5.42. The summed E-state index contributed by atoms with van der Waals surface area (Å²) >= 11 is 0. The second-order valence-electron chi connectivity index (χ2n) is 8.31. The highest BCUT2D eigenvalue weighted by Crippen LogP contribution is 2.35. The molecule has 2 aliphatic rings. The van der Waals surface area contributed by atoms with E-state index in [0.29, 0.717) is 37.5 Å². The van der Waals surface area contributed by atoms with Crippen LogP contribution in [0.5, 0.6) is 5.88 Å². The molecule has 2 bridgehead atoms. The van der Waals surface area contributed by atoms with Crippen molar-refractivity contribution in [3.63, 3.8) is 0 Å². The van der Waals surface area contributed by atoms with Gasteiger partial charge in [-0.2, -0.15) is 0 Å². The Hall–Kier alpha value is -2.15. The zero-order valence-corrected chi connectivity index (χ0v) is 16.7.